The van der Waals surface area contributed by atoms with Gasteiger partial charge in [-0.15, -0.1) is 13.2 Å². The van der Waals surface area contributed by atoms with Crippen molar-refractivity contribution in [2.24, 2.45) is 0 Å². The molecule has 122 valence electrons. The maximum atomic E-state index is 12.1. The van der Waals surface area contributed by atoms with E-state index >= 15 is 0 Å². The van der Waals surface area contributed by atoms with Gasteiger partial charge >= 0.3 is 12.3 Å². The van der Waals surface area contributed by atoms with E-state index in [2.05, 4.69) is 14.7 Å². The molecule has 1 aromatic carbocycles. The molecule has 1 heterocycles. The summed E-state index contributed by atoms with van der Waals surface area (Å²) >= 11 is 0. The van der Waals surface area contributed by atoms with Gasteiger partial charge in [-0.05, 0) is 24.3 Å². The average molecular weight is 329 g/mol. The van der Waals surface area contributed by atoms with Crippen LogP contribution in [0.4, 0.5) is 19.0 Å². The predicted octanol–water partition coefficient (Wildman–Crippen LogP) is 2.33. The third-order valence-electron chi connectivity index (χ3n) is 2.64. The molecule has 0 bridgehead atoms. The Balaban J connectivity index is 2.41. The number of benzene rings is 1. The number of nitrogen functional groups attached to an aromatic ring is 1. The monoisotopic (exact) mass is 329 g/mol. The second kappa shape index (κ2) is 5.99. The summed E-state index contributed by atoms with van der Waals surface area (Å²) in [6.07, 6.45) is -4.81. The Kier molecular flexibility index (Phi) is 4.25. The van der Waals surface area contributed by atoms with E-state index in [0.717, 1.165) is 12.1 Å². The van der Waals surface area contributed by atoms with Crippen molar-refractivity contribution in [3.05, 3.63) is 30.0 Å². The van der Waals surface area contributed by atoms with Crippen LogP contribution >= 0.6 is 0 Å². The molecule has 2 rings (SSSR count). The van der Waals surface area contributed by atoms with Crippen LogP contribution in [0.3, 0.4) is 0 Å². The Labute approximate surface area is 127 Å². The lowest BCUT2D eigenvalue weighted by molar-refractivity contribution is -0.274. The highest BCUT2D eigenvalue weighted by Gasteiger charge is 2.31. The number of ether oxygens (including phenoxy) is 2. The Hall–Kier alpha value is -3.04. The number of rotatable bonds is 4. The number of anilines is 1. The molecular formula is C13H10F3N3O4. The predicted molar refractivity (Wildman–Crippen MR) is 72.1 cm³/mol. The van der Waals surface area contributed by atoms with Gasteiger partial charge in [0.25, 0.3) is 0 Å². The first-order chi connectivity index (χ1) is 10.7. The quantitative estimate of drug-likeness (QED) is 0.886. The fraction of sp³-hybridized carbons (Fsp3) is 0.154. The van der Waals surface area contributed by atoms with Gasteiger partial charge in [-0.1, -0.05) is 0 Å². The summed E-state index contributed by atoms with van der Waals surface area (Å²) in [7, 11) is 1.21. The molecule has 0 amide bonds. The number of carboxylic acid groups (broad SMARTS) is 1. The molecule has 0 aliphatic rings. The molecule has 23 heavy (non-hydrogen) atoms. The number of methoxy groups -OCH3 is 1. The van der Waals surface area contributed by atoms with Gasteiger partial charge in [0, 0.05) is 5.56 Å². The molecular weight excluding hydrogens is 319 g/mol. The number of aromatic carboxylic acids is 1. The highest BCUT2D eigenvalue weighted by molar-refractivity contribution is 5.91. The number of alkyl halides is 3. The molecule has 0 aliphatic carbocycles. The summed E-state index contributed by atoms with van der Waals surface area (Å²) in [6.45, 7) is 0. The summed E-state index contributed by atoms with van der Waals surface area (Å²) in [4.78, 5) is 18.8. The zero-order valence-electron chi connectivity index (χ0n) is 11.6. The molecule has 0 unspecified atom stereocenters. The number of carboxylic acids is 1. The first-order valence-electron chi connectivity index (χ1n) is 6.02. The van der Waals surface area contributed by atoms with Crippen LogP contribution in [0.25, 0.3) is 11.4 Å². The van der Waals surface area contributed by atoms with E-state index < -0.39 is 23.8 Å². The van der Waals surface area contributed by atoms with Crippen molar-refractivity contribution in [1.82, 2.24) is 9.97 Å². The first kappa shape index (κ1) is 16.3. The van der Waals surface area contributed by atoms with E-state index in [9.17, 15) is 18.0 Å². The van der Waals surface area contributed by atoms with Gasteiger partial charge in [-0.3, -0.25) is 0 Å². The minimum absolute atomic E-state index is 0.0701. The number of hydrogen-bond donors (Lipinski definition) is 2. The summed E-state index contributed by atoms with van der Waals surface area (Å²) in [6, 6.07) is 4.59. The van der Waals surface area contributed by atoms with Crippen LogP contribution in [0, 0.1) is 0 Å². The normalized spacial score (nSPS) is 11.1. The number of carbonyl (C=O) groups is 1. The molecule has 0 saturated heterocycles. The van der Waals surface area contributed by atoms with E-state index in [1.807, 2.05) is 0 Å². The molecule has 0 spiro atoms. The van der Waals surface area contributed by atoms with Crippen LogP contribution in [0.15, 0.2) is 24.3 Å². The van der Waals surface area contributed by atoms with Crippen molar-refractivity contribution in [1.29, 1.82) is 0 Å². The number of hydrogen-bond acceptors (Lipinski definition) is 6. The minimum atomic E-state index is -4.81. The fourth-order valence-corrected chi connectivity index (χ4v) is 1.75. The second-order valence-corrected chi connectivity index (χ2v) is 4.19. The summed E-state index contributed by atoms with van der Waals surface area (Å²) in [5.74, 6) is -2.28. The van der Waals surface area contributed by atoms with Gasteiger partial charge in [0.2, 0.25) is 0 Å². The Morgan fingerprint density at radius 3 is 2.30 bits per heavy atom. The van der Waals surface area contributed by atoms with Crippen LogP contribution in [-0.2, 0) is 0 Å². The molecule has 0 fully saturated rings. The highest BCUT2D eigenvalue weighted by Crippen LogP contribution is 2.29. The molecule has 2 aromatic rings. The van der Waals surface area contributed by atoms with Crippen LogP contribution in [0.5, 0.6) is 11.5 Å². The SMILES string of the molecule is COc1c(N)nc(-c2ccc(OC(F)(F)F)cc2)nc1C(=O)O. The molecule has 1 aromatic heterocycles. The third kappa shape index (κ3) is 3.78. The third-order valence-corrected chi connectivity index (χ3v) is 2.64. The van der Waals surface area contributed by atoms with Gasteiger partial charge in [-0.25, -0.2) is 14.8 Å². The summed E-state index contributed by atoms with van der Waals surface area (Å²) < 4.78 is 44.9. The number of nitrogens with zero attached hydrogens (tertiary/aromatic N) is 2. The standard InChI is InChI=1S/C13H10F3N3O4/c1-22-9-8(12(20)21)18-11(19-10(9)17)6-2-4-7(5-3-6)23-13(14,15)16/h2-5H,1H3,(H,20,21)(H2,17,18,19). The fourth-order valence-electron chi connectivity index (χ4n) is 1.75. The van der Waals surface area contributed by atoms with Crippen LogP contribution < -0.4 is 15.2 Å². The Bertz CT molecular complexity index is 732. The van der Waals surface area contributed by atoms with Crippen LogP contribution in [0.1, 0.15) is 10.5 Å². The highest BCUT2D eigenvalue weighted by atomic mass is 19.4. The van der Waals surface area contributed by atoms with Gasteiger partial charge in [0.05, 0.1) is 7.11 Å². The molecule has 10 heteroatoms. The maximum Gasteiger partial charge on any atom is 0.573 e. The molecule has 7 nitrogen and oxygen atoms in total. The van der Waals surface area contributed by atoms with Crippen LogP contribution in [0.2, 0.25) is 0 Å². The van der Waals surface area contributed by atoms with E-state index in [1.165, 1.54) is 19.2 Å². The van der Waals surface area contributed by atoms with Gasteiger partial charge in [-0.2, -0.15) is 0 Å². The Morgan fingerprint density at radius 1 is 1.22 bits per heavy atom. The van der Waals surface area contributed by atoms with Crippen molar-refractivity contribution >= 4 is 11.8 Å². The molecule has 0 aliphatic heterocycles. The zero-order valence-corrected chi connectivity index (χ0v) is 11.6. The van der Waals surface area contributed by atoms with Crippen LogP contribution in [-0.4, -0.2) is 34.5 Å². The lowest BCUT2D eigenvalue weighted by Gasteiger charge is -2.11. The van der Waals surface area contributed by atoms with Crippen molar-refractivity contribution in [2.75, 3.05) is 12.8 Å². The molecule has 0 atom stereocenters. The summed E-state index contributed by atoms with van der Waals surface area (Å²) in [5.41, 5.74) is 5.42. The van der Waals surface area contributed by atoms with E-state index in [0.29, 0.717) is 0 Å². The lowest BCUT2D eigenvalue weighted by Crippen LogP contribution is -2.17. The van der Waals surface area contributed by atoms with Crippen molar-refractivity contribution in [2.45, 2.75) is 6.36 Å². The zero-order chi connectivity index (χ0) is 17.2. The summed E-state index contributed by atoms with van der Waals surface area (Å²) in [5, 5.41) is 9.09. The number of nitrogens with two attached hydrogens (primary N) is 1. The largest absolute Gasteiger partial charge is 0.573 e. The average Bonchev–Trinajstić information content (AvgIpc) is 2.45. The van der Waals surface area contributed by atoms with Gasteiger partial charge in [0.15, 0.2) is 23.1 Å². The van der Waals surface area contributed by atoms with Gasteiger partial charge < -0.3 is 20.3 Å². The number of aromatic nitrogens is 2. The smallest absolute Gasteiger partial charge is 0.491 e. The minimum Gasteiger partial charge on any atom is -0.491 e. The van der Waals surface area contributed by atoms with Crippen molar-refractivity contribution in [3.63, 3.8) is 0 Å². The molecule has 0 radical (unpaired) electrons. The van der Waals surface area contributed by atoms with E-state index in [4.69, 9.17) is 15.6 Å². The molecule has 3 N–H and O–H groups in total. The number of halogens is 3. The Morgan fingerprint density at radius 2 is 1.83 bits per heavy atom. The second-order valence-electron chi connectivity index (χ2n) is 4.19. The van der Waals surface area contributed by atoms with E-state index in [-0.39, 0.29) is 23.0 Å². The van der Waals surface area contributed by atoms with Crippen molar-refractivity contribution < 1.29 is 32.5 Å². The first-order valence-corrected chi connectivity index (χ1v) is 6.02. The molecule has 0 saturated carbocycles. The van der Waals surface area contributed by atoms with E-state index in [1.54, 1.807) is 0 Å². The lowest BCUT2D eigenvalue weighted by atomic mass is 10.2. The maximum absolute atomic E-state index is 12.1. The van der Waals surface area contributed by atoms with Crippen molar-refractivity contribution in [3.8, 4) is 22.9 Å². The van der Waals surface area contributed by atoms with Gasteiger partial charge in [0.1, 0.15) is 5.75 Å². The topological polar surface area (TPSA) is 108 Å².